The summed E-state index contributed by atoms with van der Waals surface area (Å²) in [7, 11) is 0. The number of ether oxygens (including phenoxy) is 2. The first kappa shape index (κ1) is 28.5. The molecule has 9 nitrogen and oxygen atoms in total. The van der Waals surface area contributed by atoms with Crippen molar-refractivity contribution in [1.82, 2.24) is 30.5 Å². The molecule has 2 bridgehead atoms. The topological polar surface area (TPSA) is 105 Å². The van der Waals surface area contributed by atoms with Gasteiger partial charge in [0.1, 0.15) is 35.6 Å². The van der Waals surface area contributed by atoms with E-state index in [1.165, 1.54) is 18.2 Å². The standard InChI is InChI=1S/C34H35F3N6O3/c1-2-19-22(36)5-4-16-10-18(44)11-20(25(16)19)28-27(37)30-26-31(29-21(14-45-32(26)40-28)23-6-7-24(38-23)39-29)42-33(41-30)46-15-34-8-3-9-43(34)13-17(35)12-34/h4-5,10-11,17,21,23-24,29,38-39,44H,2-3,6-9,12-15H2,1H3/t17-,21-,23-,24+,29?,34+/m1/s1. The first-order chi connectivity index (χ1) is 22.3. The van der Waals surface area contributed by atoms with Crippen LogP contribution in [-0.2, 0) is 6.42 Å². The minimum atomic E-state index is -0.915. The monoisotopic (exact) mass is 632 g/mol. The zero-order valence-corrected chi connectivity index (χ0v) is 25.5. The Labute approximate surface area is 263 Å². The van der Waals surface area contributed by atoms with E-state index in [4.69, 9.17) is 19.4 Å². The first-order valence-corrected chi connectivity index (χ1v) is 16.3. The van der Waals surface area contributed by atoms with Crippen LogP contribution in [0.3, 0.4) is 0 Å². The molecule has 6 atom stereocenters. The Morgan fingerprint density at radius 2 is 2.02 bits per heavy atom. The summed E-state index contributed by atoms with van der Waals surface area (Å²) in [5, 5.41) is 19.3. The fourth-order valence-corrected chi connectivity index (χ4v) is 8.88. The molecule has 4 saturated heterocycles. The number of nitrogens with one attached hydrogen (secondary N) is 2. The second-order valence-electron chi connectivity index (χ2n) is 13.6. The maximum absolute atomic E-state index is 17.0. The van der Waals surface area contributed by atoms with Gasteiger partial charge in [-0.25, -0.2) is 18.2 Å². The third-order valence-electron chi connectivity index (χ3n) is 11.0. The van der Waals surface area contributed by atoms with E-state index < -0.39 is 23.3 Å². The van der Waals surface area contributed by atoms with Crippen LogP contribution in [0.4, 0.5) is 13.2 Å². The van der Waals surface area contributed by atoms with Crippen molar-refractivity contribution in [3.8, 4) is 28.9 Å². The molecule has 0 saturated carbocycles. The van der Waals surface area contributed by atoms with Crippen LogP contribution in [0.5, 0.6) is 17.6 Å². The van der Waals surface area contributed by atoms with Gasteiger partial charge in [0.25, 0.3) is 0 Å². The summed E-state index contributed by atoms with van der Waals surface area (Å²) in [5.41, 5.74) is 0.647. The second kappa shape index (κ2) is 10.4. The molecule has 2 aromatic carbocycles. The van der Waals surface area contributed by atoms with Crippen molar-refractivity contribution in [2.45, 2.75) is 75.4 Å². The lowest BCUT2D eigenvalue weighted by atomic mass is 9.88. The Balaban J connectivity index is 1.24. The molecule has 9 rings (SSSR count). The molecule has 12 heteroatoms. The van der Waals surface area contributed by atoms with Gasteiger partial charge in [-0.1, -0.05) is 13.0 Å². The van der Waals surface area contributed by atoms with Gasteiger partial charge in [-0.05, 0) is 73.2 Å². The molecule has 2 aromatic heterocycles. The fraction of sp³-hybridized carbons (Fsp3) is 0.500. The van der Waals surface area contributed by atoms with E-state index in [0.29, 0.717) is 53.4 Å². The summed E-state index contributed by atoms with van der Waals surface area (Å²) in [6, 6.07) is 5.80. The lowest BCUT2D eigenvalue weighted by molar-refractivity contribution is 0.106. The van der Waals surface area contributed by atoms with Gasteiger partial charge in [0, 0.05) is 30.5 Å². The summed E-state index contributed by atoms with van der Waals surface area (Å²) in [4.78, 5) is 16.4. The molecule has 0 aliphatic carbocycles. The van der Waals surface area contributed by atoms with E-state index in [1.807, 2.05) is 6.92 Å². The molecule has 4 aromatic rings. The summed E-state index contributed by atoms with van der Waals surface area (Å²) in [6.07, 6.45) is 3.61. The van der Waals surface area contributed by atoms with Crippen molar-refractivity contribution in [1.29, 1.82) is 0 Å². The van der Waals surface area contributed by atoms with Gasteiger partial charge >= 0.3 is 6.01 Å². The Bertz CT molecular complexity index is 1910. The molecule has 1 unspecified atom stereocenters. The number of hydrogen-bond donors (Lipinski definition) is 3. The van der Waals surface area contributed by atoms with Crippen LogP contribution < -0.4 is 20.1 Å². The van der Waals surface area contributed by atoms with Crippen molar-refractivity contribution in [3.63, 3.8) is 0 Å². The molecule has 4 fully saturated rings. The third kappa shape index (κ3) is 4.22. The Morgan fingerprint density at radius 1 is 1.13 bits per heavy atom. The van der Waals surface area contributed by atoms with Gasteiger partial charge in [0.2, 0.25) is 5.88 Å². The van der Waals surface area contributed by atoms with Crippen molar-refractivity contribution in [2.75, 3.05) is 26.3 Å². The van der Waals surface area contributed by atoms with Crippen LogP contribution in [0.1, 0.15) is 56.3 Å². The zero-order valence-electron chi connectivity index (χ0n) is 25.5. The highest BCUT2D eigenvalue weighted by molar-refractivity contribution is 6.02. The van der Waals surface area contributed by atoms with Gasteiger partial charge in [0.05, 0.1) is 35.4 Å². The number of alkyl halides is 1. The average Bonchev–Trinajstić information content (AvgIpc) is 3.68. The van der Waals surface area contributed by atoms with E-state index in [2.05, 4.69) is 20.5 Å². The molecule has 0 spiro atoms. The average molecular weight is 633 g/mol. The first-order valence-electron chi connectivity index (χ1n) is 16.3. The van der Waals surface area contributed by atoms with Crippen LogP contribution in [0.15, 0.2) is 24.3 Å². The van der Waals surface area contributed by atoms with Crippen LogP contribution in [-0.4, -0.2) is 75.2 Å². The Morgan fingerprint density at radius 3 is 2.89 bits per heavy atom. The molecule has 3 N–H and O–H groups in total. The largest absolute Gasteiger partial charge is 0.508 e. The Hall–Kier alpha value is -3.74. The maximum Gasteiger partial charge on any atom is 0.317 e. The molecule has 5 aliphatic rings. The number of aryl methyl sites for hydroxylation is 1. The number of rotatable bonds is 5. The van der Waals surface area contributed by atoms with Crippen LogP contribution >= 0.6 is 0 Å². The minimum Gasteiger partial charge on any atom is -0.508 e. The number of halogens is 3. The van der Waals surface area contributed by atoms with E-state index in [1.54, 1.807) is 6.07 Å². The molecule has 5 aliphatic heterocycles. The SMILES string of the molecule is CCc1c(F)ccc2cc(O)cc(-c3nc4c5c(nc(OC[C@@]67CCCN6C[C@H](F)C7)nc5c3F)C3N[C@H]5CC[C@@H](N5)[C@H]3CO4)c12. The number of fused-ring (bicyclic) bond motifs is 7. The van der Waals surface area contributed by atoms with Crippen LogP contribution in [0.2, 0.25) is 0 Å². The number of benzene rings is 2. The fourth-order valence-electron chi connectivity index (χ4n) is 8.88. The van der Waals surface area contributed by atoms with Crippen LogP contribution in [0, 0.1) is 17.6 Å². The minimum absolute atomic E-state index is 0.0150. The molecule has 46 heavy (non-hydrogen) atoms. The van der Waals surface area contributed by atoms with Crippen molar-refractivity contribution >= 4 is 21.7 Å². The number of aromatic nitrogens is 3. The van der Waals surface area contributed by atoms with Gasteiger partial charge in [0.15, 0.2) is 5.82 Å². The lowest BCUT2D eigenvalue weighted by Gasteiger charge is -2.37. The third-order valence-corrected chi connectivity index (χ3v) is 11.0. The predicted octanol–water partition coefficient (Wildman–Crippen LogP) is 5.08. The zero-order chi connectivity index (χ0) is 31.3. The molecular weight excluding hydrogens is 597 g/mol. The van der Waals surface area contributed by atoms with E-state index >= 15 is 8.78 Å². The summed E-state index contributed by atoms with van der Waals surface area (Å²) in [5.74, 6) is -1.09. The van der Waals surface area contributed by atoms with E-state index in [-0.39, 0.29) is 65.2 Å². The second-order valence-corrected chi connectivity index (χ2v) is 13.6. The number of phenolic OH excluding ortho intramolecular Hbond substituents is 1. The van der Waals surface area contributed by atoms with E-state index in [0.717, 1.165) is 32.2 Å². The normalized spacial score (nSPS) is 30.0. The van der Waals surface area contributed by atoms with Crippen LogP contribution in [0.25, 0.3) is 32.9 Å². The molecule has 0 amide bonds. The molecule has 7 heterocycles. The van der Waals surface area contributed by atoms with Crippen molar-refractivity contribution in [3.05, 3.63) is 47.2 Å². The van der Waals surface area contributed by atoms with Crippen molar-refractivity contribution < 1.29 is 27.8 Å². The summed E-state index contributed by atoms with van der Waals surface area (Å²) < 4.78 is 59.3. The number of aromatic hydroxyl groups is 1. The van der Waals surface area contributed by atoms with Gasteiger partial charge < -0.3 is 14.6 Å². The number of nitrogens with zero attached hydrogens (tertiary/aromatic N) is 4. The van der Waals surface area contributed by atoms with Gasteiger partial charge in [-0.3, -0.25) is 15.5 Å². The molecule has 240 valence electrons. The molecule has 0 radical (unpaired) electrons. The quantitative estimate of drug-likeness (QED) is 0.278. The highest BCUT2D eigenvalue weighted by Crippen LogP contribution is 2.46. The number of pyridine rings is 1. The number of phenols is 1. The van der Waals surface area contributed by atoms with Gasteiger partial charge in [-0.15, -0.1) is 0 Å². The van der Waals surface area contributed by atoms with Gasteiger partial charge in [-0.2, -0.15) is 9.97 Å². The molecular formula is C34H35F3N6O3. The predicted molar refractivity (Wildman–Crippen MR) is 165 cm³/mol. The maximum atomic E-state index is 17.0. The Kier molecular flexibility index (Phi) is 6.43. The lowest BCUT2D eigenvalue weighted by Crippen LogP contribution is -2.55. The highest BCUT2D eigenvalue weighted by Gasteiger charge is 2.50. The summed E-state index contributed by atoms with van der Waals surface area (Å²) >= 11 is 0. The smallest absolute Gasteiger partial charge is 0.317 e. The highest BCUT2D eigenvalue weighted by atomic mass is 19.1. The number of hydrogen-bond acceptors (Lipinski definition) is 9. The van der Waals surface area contributed by atoms with Crippen molar-refractivity contribution in [2.24, 2.45) is 5.92 Å². The van der Waals surface area contributed by atoms with E-state index in [9.17, 15) is 9.50 Å². The summed E-state index contributed by atoms with van der Waals surface area (Å²) in [6.45, 7) is 3.55.